The Bertz CT molecular complexity index is 1270. The van der Waals surface area contributed by atoms with E-state index in [4.69, 9.17) is 27.7 Å². The Labute approximate surface area is 226 Å². The molecule has 2 N–H and O–H groups in total. The third kappa shape index (κ3) is 7.33. The van der Waals surface area contributed by atoms with Gasteiger partial charge in [0.1, 0.15) is 11.8 Å². The molecule has 0 saturated carbocycles. The van der Waals surface area contributed by atoms with Gasteiger partial charge >= 0.3 is 0 Å². The van der Waals surface area contributed by atoms with Crippen LogP contribution in [0, 0.1) is 6.92 Å². The van der Waals surface area contributed by atoms with Crippen LogP contribution in [-0.2, 0) is 14.4 Å². The Balaban J connectivity index is 1.99. The third-order valence-corrected chi connectivity index (χ3v) is 6.56. The van der Waals surface area contributed by atoms with E-state index in [2.05, 4.69) is 15.8 Å². The van der Waals surface area contributed by atoms with Crippen LogP contribution in [0.3, 0.4) is 0 Å². The second-order valence-corrected chi connectivity index (χ2v) is 10.1. The molecule has 10 heteroatoms. The zero-order valence-corrected chi connectivity index (χ0v) is 22.7. The second-order valence-electron chi connectivity index (χ2n) is 9.24. The van der Waals surface area contributed by atoms with E-state index >= 15 is 0 Å². The zero-order valence-electron chi connectivity index (χ0n) is 21.2. The Morgan fingerprint density at radius 2 is 1.68 bits per heavy atom. The van der Waals surface area contributed by atoms with Gasteiger partial charge in [-0.25, -0.2) is 0 Å². The lowest BCUT2D eigenvalue weighted by molar-refractivity contribution is -0.128. The molecule has 0 aliphatic rings. The molecule has 2 aromatic carbocycles. The number of hydrogen-bond donors (Lipinski definition) is 2. The molecule has 0 saturated heterocycles. The van der Waals surface area contributed by atoms with Gasteiger partial charge in [-0.1, -0.05) is 65.6 Å². The summed E-state index contributed by atoms with van der Waals surface area (Å²) in [5.41, 5.74) is 0.224. The molecule has 0 bridgehead atoms. The van der Waals surface area contributed by atoms with Crippen LogP contribution in [0.25, 0.3) is 0 Å². The number of rotatable bonds is 10. The minimum Gasteiger partial charge on any atom is -0.360 e. The van der Waals surface area contributed by atoms with Crippen molar-refractivity contribution in [3.63, 3.8) is 0 Å². The lowest BCUT2D eigenvalue weighted by Gasteiger charge is -2.35. The van der Waals surface area contributed by atoms with Crippen molar-refractivity contribution < 1.29 is 18.9 Å². The van der Waals surface area contributed by atoms with E-state index in [9.17, 15) is 14.4 Å². The quantitative estimate of drug-likeness (QED) is 0.321. The van der Waals surface area contributed by atoms with Crippen molar-refractivity contribution in [3.05, 3.63) is 76.0 Å². The largest absolute Gasteiger partial charge is 0.360 e. The number of benzene rings is 2. The minimum atomic E-state index is -1.13. The fourth-order valence-electron chi connectivity index (χ4n) is 3.62. The van der Waals surface area contributed by atoms with Gasteiger partial charge in [0, 0.05) is 35.0 Å². The van der Waals surface area contributed by atoms with Crippen molar-refractivity contribution in [2.45, 2.75) is 58.5 Å². The SMILES string of the molecule is CCC(C)(C)NC(=O)[C@H](c1ccccc1Cl)N(C(=O)CCC(=O)Nc1cc(C)on1)c1ccccc1Cl. The molecule has 0 aliphatic heterocycles. The first kappa shape index (κ1) is 28.2. The number of aromatic nitrogens is 1. The fourth-order valence-corrected chi connectivity index (χ4v) is 4.09. The molecule has 0 unspecified atom stereocenters. The van der Waals surface area contributed by atoms with Crippen molar-refractivity contribution in [1.82, 2.24) is 10.5 Å². The number of nitrogens with one attached hydrogen (secondary N) is 2. The number of aryl methyl sites for hydroxylation is 1. The number of para-hydroxylation sites is 1. The first-order valence-corrected chi connectivity index (χ1v) is 12.6. The van der Waals surface area contributed by atoms with Gasteiger partial charge in [-0.3, -0.25) is 19.3 Å². The first-order chi connectivity index (χ1) is 17.5. The molecule has 0 radical (unpaired) electrons. The number of carbonyl (C=O) groups is 3. The van der Waals surface area contributed by atoms with Crippen LogP contribution in [0.15, 0.2) is 59.1 Å². The second kappa shape index (κ2) is 12.3. The normalized spacial score (nSPS) is 12.1. The first-order valence-electron chi connectivity index (χ1n) is 11.9. The molecular formula is C27H30Cl2N4O4. The van der Waals surface area contributed by atoms with E-state index in [1.54, 1.807) is 61.5 Å². The molecule has 0 spiro atoms. The average molecular weight is 545 g/mol. The highest BCUT2D eigenvalue weighted by Gasteiger charge is 2.36. The van der Waals surface area contributed by atoms with Gasteiger partial charge in [0.15, 0.2) is 5.82 Å². The minimum absolute atomic E-state index is 0.150. The van der Waals surface area contributed by atoms with E-state index in [-0.39, 0.29) is 23.7 Å². The lowest BCUT2D eigenvalue weighted by atomic mass is 9.98. The van der Waals surface area contributed by atoms with Gasteiger partial charge in [-0.15, -0.1) is 0 Å². The summed E-state index contributed by atoms with van der Waals surface area (Å²) in [5, 5.41) is 9.95. The van der Waals surface area contributed by atoms with Crippen molar-refractivity contribution in [2.75, 3.05) is 10.2 Å². The van der Waals surface area contributed by atoms with Gasteiger partial charge < -0.3 is 15.2 Å². The summed E-state index contributed by atoms with van der Waals surface area (Å²) in [6.07, 6.45) is 0.317. The van der Waals surface area contributed by atoms with Crippen LogP contribution in [0.2, 0.25) is 10.0 Å². The standard InChI is InChI=1S/C27H30Cl2N4O4/c1-5-27(3,4)31-26(36)25(18-10-6-7-11-19(18)28)33(21-13-9-8-12-20(21)29)24(35)15-14-23(34)30-22-16-17(2)37-32-22/h6-13,16,25H,5,14-15H2,1-4H3,(H,31,36)(H,30,32,34)/t25-/m0/s1. The highest BCUT2D eigenvalue weighted by atomic mass is 35.5. The van der Waals surface area contributed by atoms with Gasteiger partial charge in [-0.05, 0) is 45.4 Å². The summed E-state index contributed by atoms with van der Waals surface area (Å²) in [7, 11) is 0. The van der Waals surface area contributed by atoms with Crippen LogP contribution in [0.1, 0.15) is 57.4 Å². The molecule has 0 aliphatic carbocycles. The third-order valence-electron chi connectivity index (χ3n) is 5.89. The summed E-state index contributed by atoms with van der Waals surface area (Å²) in [5.74, 6) is -0.524. The highest BCUT2D eigenvalue weighted by molar-refractivity contribution is 6.34. The van der Waals surface area contributed by atoms with Gasteiger partial charge in [-0.2, -0.15) is 0 Å². The predicted octanol–water partition coefficient (Wildman–Crippen LogP) is 6.09. The number of hydrogen-bond acceptors (Lipinski definition) is 5. The average Bonchev–Trinajstić information content (AvgIpc) is 3.26. The number of carbonyl (C=O) groups excluding carboxylic acids is 3. The summed E-state index contributed by atoms with van der Waals surface area (Å²) in [6, 6.07) is 14.0. The van der Waals surface area contributed by atoms with Crippen molar-refractivity contribution in [1.29, 1.82) is 0 Å². The molecule has 196 valence electrons. The smallest absolute Gasteiger partial charge is 0.248 e. The van der Waals surface area contributed by atoms with E-state index in [0.29, 0.717) is 28.5 Å². The summed E-state index contributed by atoms with van der Waals surface area (Å²) in [4.78, 5) is 41.4. The van der Waals surface area contributed by atoms with Crippen molar-refractivity contribution in [2.24, 2.45) is 0 Å². The highest BCUT2D eigenvalue weighted by Crippen LogP contribution is 2.36. The Morgan fingerprint density at radius 1 is 1.03 bits per heavy atom. The van der Waals surface area contributed by atoms with Crippen molar-refractivity contribution in [3.8, 4) is 0 Å². The number of anilines is 2. The van der Waals surface area contributed by atoms with Gasteiger partial charge in [0.05, 0.1) is 10.7 Å². The van der Waals surface area contributed by atoms with Crippen LogP contribution >= 0.6 is 23.2 Å². The van der Waals surface area contributed by atoms with Crippen LogP contribution in [0.5, 0.6) is 0 Å². The molecular weight excluding hydrogens is 515 g/mol. The summed E-state index contributed by atoms with van der Waals surface area (Å²) < 4.78 is 4.96. The Morgan fingerprint density at radius 3 is 2.27 bits per heavy atom. The molecule has 3 aromatic rings. The predicted molar refractivity (Wildman–Crippen MR) is 145 cm³/mol. The molecule has 3 rings (SSSR count). The number of amides is 3. The fraction of sp³-hybridized carbons (Fsp3) is 0.333. The van der Waals surface area contributed by atoms with Crippen LogP contribution in [0.4, 0.5) is 11.5 Å². The maximum atomic E-state index is 13.8. The summed E-state index contributed by atoms with van der Waals surface area (Å²) >= 11 is 13.0. The molecule has 8 nitrogen and oxygen atoms in total. The van der Waals surface area contributed by atoms with Crippen LogP contribution < -0.4 is 15.5 Å². The monoisotopic (exact) mass is 544 g/mol. The molecule has 1 heterocycles. The zero-order chi connectivity index (χ0) is 27.2. The maximum absolute atomic E-state index is 13.8. The maximum Gasteiger partial charge on any atom is 0.248 e. The molecule has 37 heavy (non-hydrogen) atoms. The van der Waals surface area contributed by atoms with E-state index in [0.717, 1.165) is 0 Å². The lowest BCUT2D eigenvalue weighted by Crippen LogP contribution is -2.50. The topological polar surface area (TPSA) is 105 Å². The van der Waals surface area contributed by atoms with E-state index in [1.165, 1.54) is 4.90 Å². The Kier molecular flexibility index (Phi) is 9.34. The molecule has 1 atom stereocenters. The molecule has 0 fully saturated rings. The Hall–Kier alpha value is -3.36. The van der Waals surface area contributed by atoms with Crippen LogP contribution in [-0.4, -0.2) is 28.4 Å². The van der Waals surface area contributed by atoms with E-state index < -0.39 is 29.3 Å². The van der Waals surface area contributed by atoms with Crippen molar-refractivity contribution >= 4 is 52.4 Å². The number of halogens is 2. The van der Waals surface area contributed by atoms with E-state index in [1.807, 2.05) is 20.8 Å². The molecule has 3 amide bonds. The summed E-state index contributed by atoms with van der Waals surface area (Å²) in [6.45, 7) is 7.45. The molecule has 1 aromatic heterocycles. The van der Waals surface area contributed by atoms with Gasteiger partial charge in [0.2, 0.25) is 17.7 Å². The van der Waals surface area contributed by atoms with Gasteiger partial charge in [0.25, 0.3) is 0 Å². The number of nitrogens with zero attached hydrogens (tertiary/aromatic N) is 2.